The summed E-state index contributed by atoms with van der Waals surface area (Å²) in [4.78, 5) is 18.9. The molecule has 1 aliphatic heterocycles. The molecule has 1 aromatic heterocycles. The van der Waals surface area contributed by atoms with Gasteiger partial charge in [0.1, 0.15) is 11.5 Å². The zero-order valence-corrected chi connectivity index (χ0v) is 18.4. The summed E-state index contributed by atoms with van der Waals surface area (Å²) in [7, 11) is 1.66. The summed E-state index contributed by atoms with van der Waals surface area (Å²) >= 11 is 0. The van der Waals surface area contributed by atoms with Gasteiger partial charge < -0.3 is 24.7 Å². The maximum Gasteiger partial charge on any atom is 0.222 e. The normalized spacial score (nSPS) is 14.9. The monoisotopic (exact) mass is 426 g/mol. The topological polar surface area (TPSA) is 79.1 Å². The van der Waals surface area contributed by atoms with E-state index >= 15 is 0 Å². The molecule has 168 valence electrons. The van der Waals surface area contributed by atoms with Crippen molar-refractivity contribution in [1.82, 2.24) is 15.5 Å². The highest BCUT2D eigenvalue weighted by atomic mass is 16.5. The highest BCUT2D eigenvalue weighted by Gasteiger charge is 2.15. The van der Waals surface area contributed by atoms with E-state index < -0.39 is 0 Å². The quantitative estimate of drug-likeness (QED) is 0.346. The first-order valence-electron chi connectivity index (χ1n) is 11.2. The van der Waals surface area contributed by atoms with Crippen molar-refractivity contribution < 1.29 is 13.9 Å². The molecule has 2 N–H and O–H groups in total. The minimum absolute atomic E-state index is 0.294. The van der Waals surface area contributed by atoms with E-state index in [0.29, 0.717) is 18.9 Å². The molecule has 3 rings (SSSR count). The molecule has 7 nitrogen and oxygen atoms in total. The number of likely N-dealkylation sites (tertiary alicyclic amines) is 1. The largest absolute Gasteiger partial charge is 0.497 e. The van der Waals surface area contributed by atoms with E-state index in [0.717, 1.165) is 81.3 Å². The van der Waals surface area contributed by atoms with Crippen LogP contribution in [0.15, 0.2) is 52.1 Å². The van der Waals surface area contributed by atoms with Gasteiger partial charge in [0.25, 0.3) is 0 Å². The number of rotatable bonds is 10. The molecule has 7 heteroatoms. The number of benzene rings is 1. The molecule has 2 aromatic rings. The Kier molecular flexibility index (Phi) is 9.29. The summed E-state index contributed by atoms with van der Waals surface area (Å²) in [5, 5.41) is 6.79. The minimum Gasteiger partial charge on any atom is -0.497 e. The summed E-state index contributed by atoms with van der Waals surface area (Å²) in [6.07, 6.45) is 7.36. The molecule has 1 saturated heterocycles. The SMILES string of the molecule is COc1ccc(CN=C(NCCCN2CCCCCC2=O)NCCc2ccco2)cc1. The molecular formula is C24H34N4O3. The van der Waals surface area contributed by atoms with Crippen LogP contribution in [0.4, 0.5) is 0 Å². The Hall–Kier alpha value is -2.96. The lowest BCUT2D eigenvalue weighted by molar-refractivity contribution is -0.130. The average Bonchev–Trinajstić information content (AvgIpc) is 3.23. The van der Waals surface area contributed by atoms with E-state index in [1.54, 1.807) is 13.4 Å². The van der Waals surface area contributed by atoms with Crippen LogP contribution in [0.1, 0.15) is 43.4 Å². The Morgan fingerprint density at radius 3 is 2.74 bits per heavy atom. The van der Waals surface area contributed by atoms with Crippen molar-refractivity contribution in [2.24, 2.45) is 4.99 Å². The molecule has 0 unspecified atom stereocenters. The predicted molar refractivity (Wildman–Crippen MR) is 122 cm³/mol. The van der Waals surface area contributed by atoms with Crippen LogP contribution in [0.5, 0.6) is 5.75 Å². The second kappa shape index (κ2) is 12.7. The summed E-state index contributed by atoms with van der Waals surface area (Å²) in [6.45, 7) is 3.75. The van der Waals surface area contributed by atoms with Gasteiger partial charge in [0.05, 0.1) is 19.9 Å². The molecule has 0 spiro atoms. The zero-order valence-electron chi connectivity index (χ0n) is 18.4. The number of guanidine groups is 1. The van der Waals surface area contributed by atoms with E-state index in [9.17, 15) is 4.79 Å². The number of hydrogen-bond donors (Lipinski definition) is 2. The van der Waals surface area contributed by atoms with Crippen LogP contribution >= 0.6 is 0 Å². The Balaban J connectivity index is 1.49. The fourth-order valence-corrected chi connectivity index (χ4v) is 3.59. The third-order valence-corrected chi connectivity index (χ3v) is 5.39. The molecule has 31 heavy (non-hydrogen) atoms. The van der Waals surface area contributed by atoms with Gasteiger partial charge in [-0.15, -0.1) is 0 Å². The molecular weight excluding hydrogens is 392 g/mol. The minimum atomic E-state index is 0.294. The maximum absolute atomic E-state index is 12.2. The lowest BCUT2D eigenvalue weighted by Crippen LogP contribution is -2.40. The van der Waals surface area contributed by atoms with Crippen LogP contribution in [0.3, 0.4) is 0 Å². The van der Waals surface area contributed by atoms with Gasteiger partial charge in [0.2, 0.25) is 5.91 Å². The Morgan fingerprint density at radius 2 is 1.97 bits per heavy atom. The predicted octanol–water partition coefficient (Wildman–Crippen LogP) is 3.36. The second-order valence-electron chi connectivity index (χ2n) is 7.74. The van der Waals surface area contributed by atoms with Gasteiger partial charge >= 0.3 is 0 Å². The molecule has 1 amide bonds. The number of aliphatic imine (C=N–C) groups is 1. The van der Waals surface area contributed by atoms with E-state index in [-0.39, 0.29) is 0 Å². The van der Waals surface area contributed by atoms with Crippen molar-refractivity contribution in [3.8, 4) is 5.75 Å². The molecule has 0 radical (unpaired) electrons. The number of nitrogens with zero attached hydrogens (tertiary/aromatic N) is 2. The number of hydrogen-bond acceptors (Lipinski definition) is 4. The standard InChI is InChI=1S/C24H34N4O3/c1-30-21-11-9-20(10-12-21)19-27-24(26-15-13-22-7-5-18-31-22)25-14-6-17-28-16-4-2-3-8-23(28)29/h5,7,9-12,18H,2-4,6,8,13-17,19H2,1H3,(H2,25,26,27). The van der Waals surface area contributed by atoms with E-state index in [2.05, 4.69) is 10.6 Å². The molecule has 1 aliphatic rings. The molecule has 0 atom stereocenters. The Morgan fingerprint density at radius 1 is 1.13 bits per heavy atom. The maximum atomic E-state index is 12.2. The third-order valence-electron chi connectivity index (χ3n) is 5.39. The smallest absolute Gasteiger partial charge is 0.222 e. The summed E-state index contributed by atoms with van der Waals surface area (Å²) in [6, 6.07) is 11.8. The van der Waals surface area contributed by atoms with Gasteiger partial charge in [-0.3, -0.25) is 4.79 Å². The molecule has 2 heterocycles. The number of furan rings is 1. The van der Waals surface area contributed by atoms with Crippen molar-refractivity contribution in [2.75, 3.05) is 33.3 Å². The number of ether oxygens (including phenoxy) is 1. The molecule has 0 aliphatic carbocycles. The average molecular weight is 427 g/mol. The van der Waals surface area contributed by atoms with Gasteiger partial charge in [0, 0.05) is 39.0 Å². The Labute approximate surface area is 184 Å². The number of carbonyl (C=O) groups is 1. The number of methoxy groups -OCH3 is 1. The van der Waals surface area contributed by atoms with Crippen LogP contribution in [-0.4, -0.2) is 50.1 Å². The van der Waals surface area contributed by atoms with Crippen LogP contribution < -0.4 is 15.4 Å². The molecule has 1 fully saturated rings. The van der Waals surface area contributed by atoms with E-state index in [1.807, 2.05) is 41.3 Å². The molecule has 0 saturated carbocycles. The van der Waals surface area contributed by atoms with Gasteiger partial charge in [-0.1, -0.05) is 18.6 Å². The van der Waals surface area contributed by atoms with E-state index in [4.69, 9.17) is 14.1 Å². The zero-order chi connectivity index (χ0) is 21.7. The van der Waals surface area contributed by atoms with Crippen molar-refractivity contribution >= 4 is 11.9 Å². The lowest BCUT2D eigenvalue weighted by Gasteiger charge is -2.21. The van der Waals surface area contributed by atoms with Gasteiger partial charge in [-0.05, 0) is 49.1 Å². The number of nitrogens with one attached hydrogen (secondary N) is 2. The highest BCUT2D eigenvalue weighted by Crippen LogP contribution is 2.12. The van der Waals surface area contributed by atoms with Crippen LogP contribution in [-0.2, 0) is 17.8 Å². The first-order valence-corrected chi connectivity index (χ1v) is 11.2. The summed E-state index contributed by atoms with van der Waals surface area (Å²) in [5.74, 6) is 2.85. The van der Waals surface area contributed by atoms with Gasteiger partial charge in [0.15, 0.2) is 5.96 Å². The fourth-order valence-electron chi connectivity index (χ4n) is 3.59. The lowest BCUT2D eigenvalue weighted by atomic mass is 10.2. The summed E-state index contributed by atoms with van der Waals surface area (Å²) in [5.41, 5.74) is 1.11. The number of carbonyl (C=O) groups excluding carboxylic acids is 1. The van der Waals surface area contributed by atoms with Crippen LogP contribution in [0.2, 0.25) is 0 Å². The van der Waals surface area contributed by atoms with Gasteiger partial charge in [-0.2, -0.15) is 0 Å². The van der Waals surface area contributed by atoms with Gasteiger partial charge in [-0.25, -0.2) is 4.99 Å². The summed E-state index contributed by atoms with van der Waals surface area (Å²) < 4.78 is 10.6. The number of amides is 1. The molecule has 0 bridgehead atoms. The first-order chi connectivity index (χ1) is 15.2. The highest BCUT2D eigenvalue weighted by molar-refractivity contribution is 5.79. The first kappa shape index (κ1) is 22.7. The Bertz CT molecular complexity index is 803. The van der Waals surface area contributed by atoms with Crippen molar-refractivity contribution in [3.05, 3.63) is 54.0 Å². The van der Waals surface area contributed by atoms with Crippen molar-refractivity contribution in [2.45, 2.75) is 45.1 Å². The second-order valence-corrected chi connectivity index (χ2v) is 7.74. The fraction of sp³-hybridized carbons (Fsp3) is 0.500. The van der Waals surface area contributed by atoms with Crippen molar-refractivity contribution in [1.29, 1.82) is 0 Å². The third kappa shape index (κ3) is 8.00. The van der Waals surface area contributed by atoms with Crippen LogP contribution in [0, 0.1) is 0 Å². The van der Waals surface area contributed by atoms with Crippen LogP contribution in [0.25, 0.3) is 0 Å². The van der Waals surface area contributed by atoms with E-state index in [1.165, 1.54) is 0 Å². The van der Waals surface area contributed by atoms with Crippen molar-refractivity contribution in [3.63, 3.8) is 0 Å². The molecule has 1 aromatic carbocycles.